The van der Waals surface area contributed by atoms with E-state index in [-0.39, 0.29) is 0 Å². The number of anilines is 2. The van der Waals surface area contributed by atoms with Crippen molar-refractivity contribution in [2.24, 2.45) is 4.99 Å². The van der Waals surface area contributed by atoms with E-state index in [1.807, 2.05) is 37.4 Å². The molecule has 0 spiro atoms. The van der Waals surface area contributed by atoms with Crippen LogP contribution < -0.4 is 20.7 Å². The second kappa shape index (κ2) is 10.3. The van der Waals surface area contributed by atoms with E-state index in [0.29, 0.717) is 40.0 Å². The normalized spacial score (nSPS) is 11.1. The zero-order valence-electron chi connectivity index (χ0n) is 16.7. The fourth-order valence-electron chi connectivity index (χ4n) is 2.60. The molecule has 0 radical (unpaired) electrons. The molecule has 0 unspecified atom stereocenters. The molecule has 0 atom stereocenters. The third kappa shape index (κ3) is 6.38. The Hall–Kier alpha value is -2.75. The van der Waals surface area contributed by atoms with Crippen LogP contribution in [0.1, 0.15) is 16.3 Å². The molecule has 3 aromatic rings. The summed E-state index contributed by atoms with van der Waals surface area (Å²) in [6.45, 7) is 4.31. The number of benzene rings is 1. The highest BCUT2D eigenvalue weighted by atomic mass is 35.5. The van der Waals surface area contributed by atoms with Gasteiger partial charge in [-0.1, -0.05) is 17.7 Å². The number of halogens is 1. The second-order valence-corrected chi connectivity index (χ2v) is 8.14. The number of aromatic nitrogens is 2. The smallest absolute Gasteiger partial charge is 0.229 e. The van der Waals surface area contributed by atoms with Gasteiger partial charge in [0, 0.05) is 21.3 Å². The number of guanidine groups is 1. The van der Waals surface area contributed by atoms with Crippen molar-refractivity contribution in [2.75, 3.05) is 17.7 Å². The molecule has 10 heteroatoms. The third-order valence-corrected chi connectivity index (χ3v) is 5.13. The first-order valence-electron chi connectivity index (χ1n) is 9.00. The average Bonchev–Trinajstić information content (AvgIpc) is 3.19. The number of thiocarbonyl (C=S) groups is 1. The molecule has 30 heavy (non-hydrogen) atoms. The standard InChI is InChI=1S/C20H21ClN6OS2/c1-12-9-13(2)24-19(23-12)26-18(22-11-15-5-4-8-30-15)27-20(29)25-16-10-14(21)6-7-17(16)28-3/h4-10H,11H2,1-3H3,(H3,22,23,24,25,26,27,29). The van der Waals surface area contributed by atoms with E-state index in [9.17, 15) is 0 Å². The lowest BCUT2D eigenvalue weighted by molar-refractivity contribution is 0.417. The number of nitrogens with one attached hydrogen (secondary N) is 3. The van der Waals surface area contributed by atoms with Gasteiger partial charge in [0.05, 0.1) is 19.3 Å². The lowest BCUT2D eigenvalue weighted by atomic mass is 10.3. The number of nitrogens with zero attached hydrogens (tertiary/aromatic N) is 3. The molecule has 156 valence electrons. The molecular weight excluding hydrogens is 440 g/mol. The van der Waals surface area contributed by atoms with Crippen LogP contribution in [0.4, 0.5) is 11.6 Å². The Kier molecular flexibility index (Phi) is 7.56. The van der Waals surface area contributed by atoms with Crippen molar-refractivity contribution in [3.05, 3.63) is 63.1 Å². The summed E-state index contributed by atoms with van der Waals surface area (Å²) in [4.78, 5) is 14.5. The lowest BCUT2D eigenvalue weighted by Gasteiger charge is -2.16. The van der Waals surface area contributed by atoms with Crippen LogP contribution in [0.15, 0.2) is 46.8 Å². The highest BCUT2D eigenvalue weighted by Crippen LogP contribution is 2.27. The number of aliphatic imine (C=N–C) groups is 1. The fourth-order valence-corrected chi connectivity index (χ4v) is 3.60. The Bertz CT molecular complexity index is 1040. The van der Waals surface area contributed by atoms with Crippen LogP contribution in [-0.2, 0) is 6.54 Å². The van der Waals surface area contributed by atoms with E-state index < -0.39 is 0 Å². The number of thiophene rings is 1. The zero-order chi connectivity index (χ0) is 21.5. The second-order valence-electron chi connectivity index (χ2n) is 6.27. The molecule has 2 heterocycles. The maximum atomic E-state index is 6.10. The van der Waals surface area contributed by atoms with Gasteiger partial charge in [-0.3, -0.25) is 5.32 Å². The van der Waals surface area contributed by atoms with Gasteiger partial charge in [0.15, 0.2) is 5.11 Å². The molecule has 0 saturated heterocycles. The molecule has 0 aliphatic carbocycles. The van der Waals surface area contributed by atoms with Gasteiger partial charge in [0.2, 0.25) is 11.9 Å². The topological polar surface area (TPSA) is 83.5 Å². The van der Waals surface area contributed by atoms with Crippen molar-refractivity contribution in [1.82, 2.24) is 15.3 Å². The SMILES string of the molecule is COc1ccc(Cl)cc1NC(=S)NC(=NCc1cccs1)Nc1nc(C)cc(C)n1. The molecule has 7 nitrogen and oxygen atoms in total. The first-order valence-corrected chi connectivity index (χ1v) is 10.7. The molecule has 0 fully saturated rings. The Labute approximate surface area is 189 Å². The summed E-state index contributed by atoms with van der Waals surface area (Å²) in [5.74, 6) is 1.48. The van der Waals surface area contributed by atoms with Gasteiger partial charge in [-0.15, -0.1) is 11.3 Å². The first-order chi connectivity index (χ1) is 14.4. The number of rotatable bonds is 5. The maximum absolute atomic E-state index is 6.10. The number of hydrogen-bond acceptors (Lipinski definition) is 6. The maximum Gasteiger partial charge on any atom is 0.229 e. The number of methoxy groups -OCH3 is 1. The minimum Gasteiger partial charge on any atom is -0.495 e. The van der Waals surface area contributed by atoms with Crippen molar-refractivity contribution in [3.8, 4) is 5.75 Å². The molecule has 0 aliphatic rings. The minimum atomic E-state index is 0.317. The summed E-state index contributed by atoms with van der Waals surface area (Å²) in [5.41, 5.74) is 2.35. The Morgan fingerprint density at radius 2 is 1.93 bits per heavy atom. The quantitative estimate of drug-likeness (QED) is 0.287. The lowest BCUT2D eigenvalue weighted by Crippen LogP contribution is -2.39. The number of ether oxygens (including phenoxy) is 1. The van der Waals surface area contributed by atoms with Crippen molar-refractivity contribution >= 4 is 57.9 Å². The average molecular weight is 461 g/mol. The van der Waals surface area contributed by atoms with E-state index in [4.69, 9.17) is 28.6 Å². The van der Waals surface area contributed by atoms with Crippen LogP contribution in [-0.4, -0.2) is 28.1 Å². The highest BCUT2D eigenvalue weighted by molar-refractivity contribution is 7.80. The molecule has 1 aromatic carbocycles. The van der Waals surface area contributed by atoms with Crippen molar-refractivity contribution in [3.63, 3.8) is 0 Å². The Morgan fingerprint density at radius 3 is 2.60 bits per heavy atom. The summed E-state index contributed by atoms with van der Waals surface area (Å²) in [7, 11) is 1.58. The molecule has 3 N–H and O–H groups in total. The molecule has 0 aliphatic heterocycles. The summed E-state index contributed by atoms with van der Waals surface area (Å²) in [5, 5.41) is 12.2. The predicted octanol–water partition coefficient (Wildman–Crippen LogP) is 4.77. The van der Waals surface area contributed by atoms with Crippen LogP contribution in [0, 0.1) is 13.8 Å². The highest BCUT2D eigenvalue weighted by Gasteiger charge is 2.10. The number of aryl methyl sites for hydroxylation is 2. The number of hydrogen-bond donors (Lipinski definition) is 3. The van der Waals surface area contributed by atoms with Gasteiger partial charge in [0.1, 0.15) is 5.75 Å². The van der Waals surface area contributed by atoms with Crippen molar-refractivity contribution in [2.45, 2.75) is 20.4 Å². The monoisotopic (exact) mass is 460 g/mol. The molecule has 2 aromatic heterocycles. The predicted molar refractivity (Wildman–Crippen MR) is 128 cm³/mol. The van der Waals surface area contributed by atoms with Gasteiger partial charge in [-0.05, 0) is 61.8 Å². The van der Waals surface area contributed by atoms with Gasteiger partial charge >= 0.3 is 0 Å². The van der Waals surface area contributed by atoms with Crippen LogP contribution in [0.3, 0.4) is 0 Å². The van der Waals surface area contributed by atoms with Gasteiger partial charge in [0.25, 0.3) is 0 Å². The van der Waals surface area contributed by atoms with Gasteiger partial charge in [-0.25, -0.2) is 15.0 Å². The minimum absolute atomic E-state index is 0.317. The van der Waals surface area contributed by atoms with E-state index >= 15 is 0 Å². The summed E-state index contributed by atoms with van der Waals surface area (Å²) < 4.78 is 5.35. The van der Waals surface area contributed by atoms with Gasteiger partial charge in [-0.2, -0.15) is 0 Å². The van der Waals surface area contributed by atoms with E-state index in [0.717, 1.165) is 16.3 Å². The summed E-state index contributed by atoms with van der Waals surface area (Å²) in [6.07, 6.45) is 0. The zero-order valence-corrected chi connectivity index (χ0v) is 19.1. The van der Waals surface area contributed by atoms with E-state index in [2.05, 4.69) is 30.9 Å². The van der Waals surface area contributed by atoms with E-state index in [1.165, 1.54) is 0 Å². The third-order valence-electron chi connectivity index (χ3n) is 3.83. The van der Waals surface area contributed by atoms with Crippen LogP contribution >= 0.6 is 35.2 Å². The Morgan fingerprint density at radius 1 is 1.17 bits per heavy atom. The summed E-state index contributed by atoms with van der Waals surface area (Å²) >= 11 is 13.2. The largest absolute Gasteiger partial charge is 0.495 e. The molecule has 3 rings (SSSR count). The van der Waals surface area contributed by atoms with E-state index in [1.54, 1.807) is 36.6 Å². The van der Waals surface area contributed by atoms with Crippen LogP contribution in [0.2, 0.25) is 5.02 Å². The van der Waals surface area contributed by atoms with Crippen LogP contribution in [0.25, 0.3) is 0 Å². The summed E-state index contributed by atoms with van der Waals surface area (Å²) in [6, 6.07) is 11.2. The van der Waals surface area contributed by atoms with Gasteiger partial charge < -0.3 is 15.4 Å². The fraction of sp³-hybridized carbons (Fsp3) is 0.200. The molecule has 0 amide bonds. The molecule has 0 bridgehead atoms. The van der Waals surface area contributed by atoms with Crippen molar-refractivity contribution in [1.29, 1.82) is 0 Å². The van der Waals surface area contributed by atoms with Crippen LogP contribution in [0.5, 0.6) is 5.75 Å². The van der Waals surface area contributed by atoms with Crippen molar-refractivity contribution < 1.29 is 4.74 Å². The molecular formula is C20H21ClN6OS2. The first kappa shape index (κ1) is 21.9. The Balaban J connectivity index is 1.78. The molecule has 0 saturated carbocycles.